The zero-order chi connectivity index (χ0) is 7.03. The Bertz CT molecular complexity index is 134. The second-order valence-corrected chi connectivity index (χ2v) is 4.96. The Morgan fingerprint density at radius 1 is 1.50 bits per heavy atom. The first-order valence-electron chi connectivity index (χ1n) is 4.22. The minimum atomic E-state index is 0. The van der Waals surface area contributed by atoms with Crippen molar-refractivity contribution in [2.75, 3.05) is 5.75 Å². The smallest absolute Gasteiger partial charge is 0.0648 e. The van der Waals surface area contributed by atoms with E-state index in [1.54, 1.807) is 0 Å². The van der Waals surface area contributed by atoms with Crippen LogP contribution in [0.1, 0.15) is 34.0 Å². The third-order valence-corrected chi connectivity index (χ3v) is 4.28. The van der Waals surface area contributed by atoms with Gasteiger partial charge in [0, 0.05) is 13.2 Å². The van der Waals surface area contributed by atoms with Crippen LogP contribution in [0.2, 0.25) is 0 Å². The van der Waals surface area contributed by atoms with Crippen LogP contribution in [-0.4, -0.2) is 16.7 Å². The van der Waals surface area contributed by atoms with Gasteiger partial charge in [0.1, 0.15) is 0 Å². The van der Waals surface area contributed by atoms with Crippen LogP contribution >= 0.6 is 11.8 Å². The van der Waals surface area contributed by atoms with E-state index in [9.17, 15) is 0 Å². The summed E-state index contributed by atoms with van der Waals surface area (Å²) in [5.41, 5.74) is 0. The van der Waals surface area contributed by atoms with Gasteiger partial charge >= 0.3 is 0 Å². The van der Waals surface area contributed by atoms with Gasteiger partial charge in [-0.15, -0.1) is 11.8 Å². The standard InChI is InChI=1S/C8H15NS.H2/c1-7-6-10-8(9-7)4-2-3-5-8;/h7,9H,2-6H2,1H3;1H/t7-;/m1./s1. The third kappa shape index (κ3) is 1.08. The fraction of sp³-hybridized carbons (Fsp3) is 1.00. The summed E-state index contributed by atoms with van der Waals surface area (Å²) in [6.07, 6.45) is 5.68. The van der Waals surface area contributed by atoms with Crippen LogP contribution in [0.5, 0.6) is 0 Å². The SMILES string of the molecule is C[C@@H]1CSC2(CCCC2)N1.[HH]. The molecule has 1 saturated heterocycles. The predicted octanol–water partition coefficient (Wildman–Crippen LogP) is 2.23. The highest BCUT2D eigenvalue weighted by Crippen LogP contribution is 2.43. The normalized spacial score (nSPS) is 37.5. The molecule has 1 N–H and O–H groups in total. The van der Waals surface area contributed by atoms with E-state index in [4.69, 9.17) is 0 Å². The molecular formula is C8H17NS. The summed E-state index contributed by atoms with van der Waals surface area (Å²) in [6, 6.07) is 0.753. The van der Waals surface area contributed by atoms with Crippen molar-refractivity contribution < 1.29 is 1.43 Å². The number of hydrogen-bond donors (Lipinski definition) is 1. The highest BCUT2D eigenvalue weighted by Gasteiger charge is 2.39. The number of rotatable bonds is 0. The van der Waals surface area contributed by atoms with E-state index in [-0.39, 0.29) is 1.43 Å². The average molecular weight is 159 g/mol. The van der Waals surface area contributed by atoms with E-state index in [1.807, 2.05) is 0 Å². The molecule has 1 nitrogen and oxygen atoms in total. The highest BCUT2D eigenvalue weighted by atomic mass is 32.2. The minimum absolute atomic E-state index is 0. The van der Waals surface area contributed by atoms with Gasteiger partial charge in [-0.1, -0.05) is 12.8 Å². The van der Waals surface area contributed by atoms with E-state index in [1.165, 1.54) is 31.4 Å². The van der Waals surface area contributed by atoms with E-state index in [0.717, 1.165) is 6.04 Å². The van der Waals surface area contributed by atoms with Gasteiger partial charge in [0.05, 0.1) is 4.87 Å². The lowest BCUT2D eigenvalue weighted by Crippen LogP contribution is -2.37. The molecule has 0 unspecified atom stereocenters. The van der Waals surface area contributed by atoms with Gasteiger partial charge in [0.25, 0.3) is 0 Å². The zero-order valence-corrected chi connectivity index (χ0v) is 7.34. The van der Waals surface area contributed by atoms with Gasteiger partial charge in [0.2, 0.25) is 0 Å². The highest BCUT2D eigenvalue weighted by molar-refractivity contribution is 8.00. The van der Waals surface area contributed by atoms with Crippen molar-refractivity contribution in [3.63, 3.8) is 0 Å². The molecule has 60 valence electrons. The molecule has 1 heterocycles. The van der Waals surface area contributed by atoms with Gasteiger partial charge < -0.3 is 0 Å². The molecule has 1 aliphatic heterocycles. The number of hydrogen-bond acceptors (Lipinski definition) is 2. The van der Waals surface area contributed by atoms with E-state index >= 15 is 0 Å². The summed E-state index contributed by atoms with van der Waals surface area (Å²) < 4.78 is 0. The fourth-order valence-corrected chi connectivity index (χ4v) is 3.57. The first kappa shape index (κ1) is 6.99. The van der Waals surface area contributed by atoms with Crippen LogP contribution in [0.15, 0.2) is 0 Å². The lowest BCUT2D eigenvalue weighted by Gasteiger charge is -2.22. The summed E-state index contributed by atoms with van der Waals surface area (Å²) >= 11 is 2.15. The van der Waals surface area contributed by atoms with Gasteiger partial charge in [-0.2, -0.15) is 0 Å². The molecule has 2 aliphatic rings. The molecule has 0 aromatic carbocycles. The second-order valence-electron chi connectivity index (χ2n) is 3.56. The van der Waals surface area contributed by atoms with Crippen molar-refractivity contribution in [1.82, 2.24) is 5.32 Å². The maximum Gasteiger partial charge on any atom is 0.0648 e. The molecule has 2 fully saturated rings. The quantitative estimate of drug-likeness (QED) is 0.581. The second kappa shape index (κ2) is 2.42. The minimum Gasteiger partial charge on any atom is -0.299 e. The number of thioether (sulfide) groups is 1. The van der Waals surface area contributed by atoms with Crippen LogP contribution in [0, 0.1) is 0 Å². The van der Waals surface area contributed by atoms with Crippen molar-refractivity contribution >= 4 is 11.8 Å². The largest absolute Gasteiger partial charge is 0.299 e. The Kier molecular flexibility index (Phi) is 1.69. The number of nitrogens with one attached hydrogen (secondary N) is 1. The molecule has 1 saturated carbocycles. The Hall–Kier alpha value is 0.310. The van der Waals surface area contributed by atoms with Crippen molar-refractivity contribution in [3.8, 4) is 0 Å². The molecule has 10 heavy (non-hydrogen) atoms. The molecule has 0 aromatic heterocycles. The molecule has 0 aromatic rings. The summed E-state index contributed by atoms with van der Waals surface area (Å²) in [5, 5.41) is 3.69. The summed E-state index contributed by atoms with van der Waals surface area (Å²) in [6.45, 7) is 2.29. The first-order chi connectivity index (χ1) is 4.81. The van der Waals surface area contributed by atoms with Gasteiger partial charge in [-0.3, -0.25) is 5.32 Å². The summed E-state index contributed by atoms with van der Waals surface area (Å²) in [7, 11) is 0. The molecule has 2 heteroatoms. The van der Waals surface area contributed by atoms with E-state index in [0.29, 0.717) is 4.87 Å². The molecule has 1 spiro atoms. The summed E-state index contributed by atoms with van der Waals surface area (Å²) in [5.74, 6) is 1.32. The summed E-state index contributed by atoms with van der Waals surface area (Å²) in [4.78, 5) is 0.527. The van der Waals surface area contributed by atoms with Crippen molar-refractivity contribution in [3.05, 3.63) is 0 Å². The van der Waals surface area contributed by atoms with Crippen molar-refractivity contribution in [1.29, 1.82) is 0 Å². The van der Waals surface area contributed by atoms with Crippen LogP contribution < -0.4 is 5.32 Å². The van der Waals surface area contributed by atoms with Crippen LogP contribution in [-0.2, 0) is 0 Å². The molecule has 1 aliphatic carbocycles. The molecule has 0 bridgehead atoms. The zero-order valence-electron chi connectivity index (χ0n) is 6.52. The maximum atomic E-state index is 3.69. The molecular weight excluding hydrogens is 142 g/mol. The van der Waals surface area contributed by atoms with Crippen LogP contribution in [0.3, 0.4) is 0 Å². The van der Waals surface area contributed by atoms with Crippen molar-refractivity contribution in [2.24, 2.45) is 0 Å². The van der Waals surface area contributed by atoms with Crippen LogP contribution in [0.4, 0.5) is 0 Å². The average Bonchev–Trinajstić information content (AvgIpc) is 2.46. The maximum absolute atomic E-state index is 3.69. The lowest BCUT2D eigenvalue weighted by atomic mass is 10.2. The Morgan fingerprint density at radius 3 is 2.70 bits per heavy atom. The first-order valence-corrected chi connectivity index (χ1v) is 5.21. The monoisotopic (exact) mass is 159 g/mol. The molecule has 1 atom stereocenters. The topological polar surface area (TPSA) is 12.0 Å². The molecule has 0 radical (unpaired) electrons. The molecule has 0 amide bonds. The van der Waals surface area contributed by atoms with Gasteiger partial charge in [-0.05, 0) is 19.8 Å². The van der Waals surface area contributed by atoms with E-state index < -0.39 is 0 Å². The molecule has 2 rings (SSSR count). The van der Waals surface area contributed by atoms with Crippen LogP contribution in [0.25, 0.3) is 0 Å². The van der Waals surface area contributed by atoms with Gasteiger partial charge in [0.15, 0.2) is 0 Å². The van der Waals surface area contributed by atoms with Gasteiger partial charge in [-0.25, -0.2) is 0 Å². The van der Waals surface area contributed by atoms with Crippen molar-refractivity contribution in [2.45, 2.75) is 43.5 Å². The Labute approximate surface area is 68.4 Å². The predicted molar refractivity (Wildman–Crippen MR) is 48.4 cm³/mol. The lowest BCUT2D eigenvalue weighted by molar-refractivity contribution is 0.463. The Balaban J connectivity index is 0.000000605. The van der Waals surface area contributed by atoms with E-state index in [2.05, 4.69) is 24.0 Å². The third-order valence-electron chi connectivity index (χ3n) is 2.53. The fourth-order valence-electron chi connectivity index (χ4n) is 2.05. The Morgan fingerprint density at radius 2 is 2.20 bits per heavy atom.